The molecule has 2 aromatic heterocycles. The highest BCUT2D eigenvalue weighted by atomic mass is 32.1. The van der Waals surface area contributed by atoms with Crippen LogP contribution in [0.3, 0.4) is 0 Å². The summed E-state index contributed by atoms with van der Waals surface area (Å²) in [6.07, 6.45) is 6.18. The second-order valence-electron chi connectivity index (χ2n) is 5.04. The lowest BCUT2D eigenvalue weighted by Crippen LogP contribution is -2.33. The number of rotatable bonds is 4. The minimum Gasteiger partial charge on any atom is -0.462 e. The second-order valence-corrected chi connectivity index (χ2v) is 6.25. The third-order valence-electron chi connectivity index (χ3n) is 3.47. The fraction of sp³-hybridized carbons (Fsp3) is 0.333. The van der Waals surface area contributed by atoms with Crippen molar-refractivity contribution in [2.45, 2.75) is 19.4 Å². The Bertz CT molecular complexity index is 661. The van der Waals surface area contributed by atoms with Crippen LogP contribution < -0.4 is 5.32 Å². The molecule has 0 saturated heterocycles. The molecule has 2 heterocycles. The highest BCUT2D eigenvalue weighted by Crippen LogP contribution is 2.28. The summed E-state index contributed by atoms with van der Waals surface area (Å²) in [6.45, 7) is 1.99. The van der Waals surface area contributed by atoms with Crippen LogP contribution in [-0.2, 0) is 0 Å². The zero-order chi connectivity index (χ0) is 14.8. The van der Waals surface area contributed by atoms with Crippen LogP contribution >= 0.6 is 11.3 Å². The van der Waals surface area contributed by atoms with Crippen molar-refractivity contribution < 1.29 is 14.3 Å². The number of aliphatic hydroxyl groups excluding tert-OH is 1. The van der Waals surface area contributed by atoms with Crippen molar-refractivity contribution in [1.29, 1.82) is 0 Å². The fourth-order valence-corrected chi connectivity index (χ4v) is 3.25. The molecule has 0 bridgehead atoms. The van der Waals surface area contributed by atoms with Crippen LogP contribution in [0.4, 0.5) is 0 Å². The third-order valence-corrected chi connectivity index (χ3v) is 4.45. The topological polar surface area (TPSA) is 75.4 Å². The molecule has 0 unspecified atom stereocenters. The van der Waals surface area contributed by atoms with Gasteiger partial charge in [0.25, 0.3) is 5.91 Å². The van der Waals surface area contributed by atoms with Crippen molar-refractivity contribution in [2.24, 2.45) is 5.92 Å². The van der Waals surface area contributed by atoms with E-state index >= 15 is 0 Å². The van der Waals surface area contributed by atoms with Gasteiger partial charge in [-0.15, -0.1) is 11.3 Å². The van der Waals surface area contributed by atoms with Gasteiger partial charge in [0.1, 0.15) is 5.69 Å². The largest absolute Gasteiger partial charge is 0.462 e. The van der Waals surface area contributed by atoms with Gasteiger partial charge in [-0.25, -0.2) is 4.98 Å². The predicted octanol–water partition coefficient (Wildman–Crippen LogP) is 2.38. The molecule has 0 spiro atoms. The zero-order valence-corrected chi connectivity index (χ0v) is 12.4. The van der Waals surface area contributed by atoms with E-state index in [1.54, 1.807) is 12.3 Å². The molecule has 6 heteroatoms. The highest BCUT2D eigenvalue weighted by Gasteiger charge is 2.23. The molecule has 1 aliphatic carbocycles. The van der Waals surface area contributed by atoms with E-state index in [1.165, 1.54) is 11.3 Å². The standard InChI is InChI=1S/C15H16N2O3S/c1-9-13(17-15(21-9)12-3-2-6-20-12)14(19)16-11-5-4-10(7-11)8-18/h2-6,10-11,18H,7-8H2,1H3,(H,16,19)/t10-,11+/m0/s1. The lowest BCUT2D eigenvalue weighted by molar-refractivity contribution is 0.0936. The Morgan fingerprint density at radius 2 is 2.43 bits per heavy atom. The van der Waals surface area contributed by atoms with Gasteiger partial charge in [0.2, 0.25) is 0 Å². The Hall–Kier alpha value is -1.92. The van der Waals surface area contributed by atoms with E-state index in [0.717, 1.165) is 11.3 Å². The summed E-state index contributed by atoms with van der Waals surface area (Å²) in [5.74, 6) is 0.614. The Labute approximate surface area is 126 Å². The molecular formula is C15H16N2O3S. The van der Waals surface area contributed by atoms with E-state index in [9.17, 15) is 4.79 Å². The normalized spacial score (nSPS) is 20.9. The molecule has 3 rings (SSSR count). The number of hydrogen-bond acceptors (Lipinski definition) is 5. The van der Waals surface area contributed by atoms with Gasteiger partial charge in [0.15, 0.2) is 10.8 Å². The molecule has 110 valence electrons. The smallest absolute Gasteiger partial charge is 0.271 e. The average molecular weight is 304 g/mol. The van der Waals surface area contributed by atoms with Gasteiger partial charge in [-0.1, -0.05) is 12.2 Å². The number of thiazole rings is 1. The SMILES string of the molecule is Cc1sc(-c2ccco2)nc1C(=O)N[C@@H]1C=C[C@H](CO)C1. The lowest BCUT2D eigenvalue weighted by atomic mass is 10.1. The number of furan rings is 1. The first-order valence-electron chi connectivity index (χ1n) is 6.78. The quantitative estimate of drug-likeness (QED) is 0.850. The monoisotopic (exact) mass is 304 g/mol. The number of aryl methyl sites for hydroxylation is 1. The third kappa shape index (κ3) is 2.91. The summed E-state index contributed by atoms with van der Waals surface area (Å²) in [5, 5.41) is 12.7. The van der Waals surface area contributed by atoms with E-state index in [0.29, 0.717) is 16.5 Å². The molecule has 0 saturated carbocycles. The summed E-state index contributed by atoms with van der Waals surface area (Å²) in [6, 6.07) is 3.58. The number of amides is 1. The summed E-state index contributed by atoms with van der Waals surface area (Å²) >= 11 is 1.44. The Morgan fingerprint density at radius 1 is 1.57 bits per heavy atom. The van der Waals surface area contributed by atoms with Crippen molar-refractivity contribution >= 4 is 17.2 Å². The minimum atomic E-state index is -0.185. The number of carbonyl (C=O) groups excluding carboxylic acids is 1. The van der Waals surface area contributed by atoms with Gasteiger partial charge in [0.05, 0.1) is 6.26 Å². The zero-order valence-electron chi connectivity index (χ0n) is 11.6. The van der Waals surface area contributed by atoms with E-state index in [4.69, 9.17) is 9.52 Å². The maximum absolute atomic E-state index is 12.3. The summed E-state index contributed by atoms with van der Waals surface area (Å²) in [4.78, 5) is 17.5. The van der Waals surface area contributed by atoms with Gasteiger partial charge in [-0.2, -0.15) is 0 Å². The van der Waals surface area contributed by atoms with E-state index < -0.39 is 0 Å². The molecule has 1 amide bonds. The molecule has 0 aliphatic heterocycles. The number of aromatic nitrogens is 1. The van der Waals surface area contributed by atoms with Crippen LogP contribution in [-0.4, -0.2) is 28.6 Å². The van der Waals surface area contributed by atoms with Crippen LogP contribution in [0.5, 0.6) is 0 Å². The predicted molar refractivity (Wildman–Crippen MR) is 80.1 cm³/mol. The maximum atomic E-state index is 12.3. The van der Waals surface area contributed by atoms with Crippen LogP contribution in [0.1, 0.15) is 21.8 Å². The van der Waals surface area contributed by atoms with Gasteiger partial charge < -0.3 is 14.8 Å². The van der Waals surface area contributed by atoms with Crippen LogP contribution in [0.25, 0.3) is 10.8 Å². The van der Waals surface area contributed by atoms with Gasteiger partial charge in [-0.05, 0) is 25.5 Å². The van der Waals surface area contributed by atoms with Crippen LogP contribution in [0.15, 0.2) is 35.0 Å². The average Bonchev–Trinajstić information content (AvgIpc) is 3.17. The summed E-state index contributed by atoms with van der Waals surface area (Å²) in [7, 11) is 0. The number of aliphatic hydroxyl groups is 1. The van der Waals surface area contributed by atoms with Crippen molar-refractivity contribution in [1.82, 2.24) is 10.3 Å². The Balaban J connectivity index is 1.72. The Morgan fingerprint density at radius 3 is 3.10 bits per heavy atom. The molecule has 21 heavy (non-hydrogen) atoms. The first kappa shape index (κ1) is 14.0. The van der Waals surface area contributed by atoms with Crippen molar-refractivity contribution in [2.75, 3.05) is 6.61 Å². The van der Waals surface area contributed by atoms with E-state index in [-0.39, 0.29) is 24.5 Å². The minimum absolute atomic E-state index is 0.0391. The molecule has 0 fully saturated rings. The van der Waals surface area contributed by atoms with Crippen molar-refractivity contribution in [3.05, 3.63) is 41.1 Å². The van der Waals surface area contributed by atoms with Crippen molar-refractivity contribution in [3.8, 4) is 10.8 Å². The van der Waals surface area contributed by atoms with Gasteiger partial charge in [-0.3, -0.25) is 4.79 Å². The number of nitrogens with zero attached hydrogens (tertiary/aromatic N) is 1. The van der Waals surface area contributed by atoms with Gasteiger partial charge >= 0.3 is 0 Å². The summed E-state index contributed by atoms with van der Waals surface area (Å²) in [5.41, 5.74) is 0.437. The molecule has 2 atom stereocenters. The Kier molecular flexibility index (Phi) is 3.90. The fourth-order valence-electron chi connectivity index (χ4n) is 2.37. The molecule has 0 aromatic carbocycles. The number of hydrogen-bond donors (Lipinski definition) is 2. The maximum Gasteiger partial charge on any atom is 0.271 e. The van der Waals surface area contributed by atoms with Crippen LogP contribution in [0.2, 0.25) is 0 Å². The first-order valence-corrected chi connectivity index (χ1v) is 7.60. The molecule has 1 aliphatic rings. The number of nitrogens with one attached hydrogen (secondary N) is 1. The first-order chi connectivity index (χ1) is 10.2. The lowest BCUT2D eigenvalue weighted by Gasteiger charge is -2.11. The van der Waals surface area contributed by atoms with Crippen LogP contribution in [0, 0.1) is 12.8 Å². The molecular weight excluding hydrogens is 288 g/mol. The van der Waals surface area contributed by atoms with Crippen molar-refractivity contribution in [3.63, 3.8) is 0 Å². The second kappa shape index (κ2) is 5.83. The molecule has 2 N–H and O–H groups in total. The van der Waals surface area contributed by atoms with E-state index in [1.807, 2.05) is 25.1 Å². The van der Waals surface area contributed by atoms with Gasteiger partial charge in [0, 0.05) is 23.4 Å². The molecule has 0 radical (unpaired) electrons. The number of carbonyl (C=O) groups is 1. The molecule has 5 nitrogen and oxygen atoms in total. The summed E-state index contributed by atoms with van der Waals surface area (Å²) < 4.78 is 5.31. The highest BCUT2D eigenvalue weighted by molar-refractivity contribution is 7.15. The van der Waals surface area contributed by atoms with E-state index in [2.05, 4.69) is 10.3 Å². The molecule has 2 aromatic rings.